The normalized spacial score (nSPS) is 11.0. The number of nitrogens with zero attached hydrogens (tertiary/aromatic N) is 3. The number of anilines is 1. The van der Waals surface area contributed by atoms with Crippen molar-refractivity contribution in [3.8, 4) is 0 Å². The quantitative estimate of drug-likeness (QED) is 0.719. The molecule has 2 aromatic heterocycles. The first kappa shape index (κ1) is 10.6. The van der Waals surface area contributed by atoms with Crippen molar-refractivity contribution < 1.29 is 0 Å². The van der Waals surface area contributed by atoms with Crippen molar-refractivity contribution in [1.29, 1.82) is 0 Å². The number of hydrogen-bond acceptors (Lipinski definition) is 4. The lowest BCUT2D eigenvalue weighted by Gasteiger charge is -2.12. The van der Waals surface area contributed by atoms with E-state index in [0.29, 0.717) is 5.28 Å². The van der Waals surface area contributed by atoms with Gasteiger partial charge in [0.2, 0.25) is 5.28 Å². The summed E-state index contributed by atoms with van der Waals surface area (Å²) in [6.07, 6.45) is 0. The van der Waals surface area contributed by atoms with E-state index in [2.05, 4.69) is 23.8 Å². The van der Waals surface area contributed by atoms with Crippen molar-refractivity contribution in [2.75, 3.05) is 19.0 Å². The Hall–Kier alpha value is -0.870. The van der Waals surface area contributed by atoms with Gasteiger partial charge in [-0.2, -0.15) is 4.98 Å². The van der Waals surface area contributed by atoms with Crippen molar-refractivity contribution in [2.45, 2.75) is 13.8 Å². The summed E-state index contributed by atoms with van der Waals surface area (Å²) < 4.78 is 0. The summed E-state index contributed by atoms with van der Waals surface area (Å²) in [4.78, 5) is 12.7. The summed E-state index contributed by atoms with van der Waals surface area (Å²) in [5, 5.41) is 1.43. The van der Waals surface area contributed by atoms with Gasteiger partial charge in [0.15, 0.2) is 0 Å². The fourth-order valence-corrected chi connectivity index (χ4v) is 2.77. The molecule has 0 unspecified atom stereocenters. The van der Waals surface area contributed by atoms with Crippen LogP contribution in [-0.4, -0.2) is 24.1 Å². The van der Waals surface area contributed by atoms with Crippen molar-refractivity contribution in [3.05, 3.63) is 15.7 Å². The molecule has 15 heavy (non-hydrogen) atoms. The lowest BCUT2D eigenvalue weighted by molar-refractivity contribution is 1.06. The van der Waals surface area contributed by atoms with E-state index in [9.17, 15) is 0 Å². The second-order valence-electron chi connectivity index (χ2n) is 3.67. The van der Waals surface area contributed by atoms with Crippen LogP contribution in [0.5, 0.6) is 0 Å². The van der Waals surface area contributed by atoms with Crippen LogP contribution in [0.3, 0.4) is 0 Å². The van der Waals surface area contributed by atoms with Gasteiger partial charge >= 0.3 is 0 Å². The number of aryl methyl sites for hydroxylation is 2. The van der Waals surface area contributed by atoms with Crippen LogP contribution in [0.15, 0.2) is 0 Å². The Morgan fingerprint density at radius 2 is 1.87 bits per heavy atom. The highest BCUT2D eigenvalue weighted by molar-refractivity contribution is 7.18. The SMILES string of the molecule is Cc1sc2nc(Cl)nc(N(C)C)c2c1C. The van der Waals surface area contributed by atoms with Gasteiger partial charge in [-0.25, -0.2) is 4.98 Å². The maximum Gasteiger partial charge on any atom is 0.225 e. The van der Waals surface area contributed by atoms with Crippen LogP contribution in [0.25, 0.3) is 10.2 Å². The minimum Gasteiger partial charge on any atom is -0.362 e. The molecule has 2 aromatic rings. The lowest BCUT2D eigenvalue weighted by Crippen LogP contribution is -2.11. The maximum atomic E-state index is 5.89. The van der Waals surface area contributed by atoms with Crippen LogP contribution in [0.1, 0.15) is 10.4 Å². The summed E-state index contributed by atoms with van der Waals surface area (Å²) >= 11 is 7.55. The first-order chi connectivity index (χ1) is 7.00. The van der Waals surface area contributed by atoms with Crippen LogP contribution >= 0.6 is 22.9 Å². The Labute approximate surface area is 97.7 Å². The minimum atomic E-state index is 0.312. The molecular formula is C10H12ClN3S. The van der Waals surface area contributed by atoms with E-state index >= 15 is 0 Å². The molecule has 0 bridgehead atoms. The largest absolute Gasteiger partial charge is 0.362 e. The average Bonchev–Trinajstić information content (AvgIpc) is 2.41. The molecule has 0 saturated carbocycles. The molecule has 2 heterocycles. The first-order valence-electron chi connectivity index (χ1n) is 4.61. The Bertz CT molecular complexity index is 519. The van der Waals surface area contributed by atoms with E-state index in [0.717, 1.165) is 16.0 Å². The van der Waals surface area contributed by atoms with Crippen LogP contribution < -0.4 is 4.90 Å². The molecule has 0 radical (unpaired) electrons. The Kier molecular flexibility index (Phi) is 2.56. The van der Waals surface area contributed by atoms with Gasteiger partial charge in [0.05, 0.1) is 5.39 Å². The average molecular weight is 242 g/mol. The first-order valence-corrected chi connectivity index (χ1v) is 5.80. The number of thiophene rings is 1. The smallest absolute Gasteiger partial charge is 0.225 e. The van der Waals surface area contributed by atoms with Gasteiger partial charge in [-0.05, 0) is 31.0 Å². The zero-order chi connectivity index (χ0) is 11.2. The highest BCUT2D eigenvalue weighted by Gasteiger charge is 2.14. The van der Waals surface area contributed by atoms with Crippen LogP contribution in [-0.2, 0) is 0 Å². The third kappa shape index (κ3) is 1.68. The minimum absolute atomic E-state index is 0.312. The van der Waals surface area contributed by atoms with E-state index in [1.807, 2.05) is 19.0 Å². The zero-order valence-corrected chi connectivity index (χ0v) is 10.7. The van der Waals surface area contributed by atoms with Crippen molar-refractivity contribution in [2.24, 2.45) is 0 Å². The lowest BCUT2D eigenvalue weighted by atomic mass is 10.2. The summed E-state index contributed by atoms with van der Waals surface area (Å²) in [6, 6.07) is 0. The Morgan fingerprint density at radius 3 is 2.47 bits per heavy atom. The predicted octanol–water partition coefficient (Wildman–Crippen LogP) is 3.03. The molecule has 0 amide bonds. The third-order valence-corrected chi connectivity index (χ3v) is 3.68. The molecule has 0 atom stereocenters. The fraction of sp³-hybridized carbons (Fsp3) is 0.400. The van der Waals surface area contributed by atoms with E-state index in [1.165, 1.54) is 10.4 Å². The van der Waals surface area contributed by atoms with Gasteiger partial charge < -0.3 is 4.90 Å². The molecule has 2 rings (SSSR count). The molecule has 80 valence electrons. The maximum absolute atomic E-state index is 5.89. The zero-order valence-electron chi connectivity index (χ0n) is 9.13. The summed E-state index contributed by atoms with van der Waals surface area (Å²) in [7, 11) is 3.93. The standard InChI is InChI=1S/C10H12ClN3S/c1-5-6(2)15-9-7(5)8(14(3)4)12-10(11)13-9/h1-4H3. The highest BCUT2D eigenvalue weighted by Crippen LogP contribution is 2.34. The monoisotopic (exact) mass is 241 g/mol. The molecule has 0 aliphatic carbocycles. The van der Waals surface area contributed by atoms with Gasteiger partial charge in [0.1, 0.15) is 10.6 Å². The van der Waals surface area contributed by atoms with E-state index in [4.69, 9.17) is 11.6 Å². The van der Waals surface area contributed by atoms with E-state index in [1.54, 1.807) is 11.3 Å². The number of aromatic nitrogens is 2. The Balaban J connectivity index is 2.88. The molecule has 0 fully saturated rings. The molecular weight excluding hydrogens is 230 g/mol. The van der Waals surface area contributed by atoms with E-state index < -0.39 is 0 Å². The molecule has 0 aromatic carbocycles. The second-order valence-corrected chi connectivity index (χ2v) is 5.22. The summed E-state index contributed by atoms with van der Waals surface area (Å²) in [5.41, 5.74) is 1.25. The van der Waals surface area contributed by atoms with Crippen molar-refractivity contribution in [3.63, 3.8) is 0 Å². The molecule has 5 heteroatoms. The van der Waals surface area contributed by atoms with Gasteiger partial charge in [0, 0.05) is 19.0 Å². The molecule has 0 spiro atoms. The van der Waals surface area contributed by atoms with Gasteiger partial charge in [-0.15, -0.1) is 11.3 Å². The fourth-order valence-electron chi connectivity index (χ4n) is 1.53. The van der Waals surface area contributed by atoms with Gasteiger partial charge in [-0.3, -0.25) is 0 Å². The highest BCUT2D eigenvalue weighted by atomic mass is 35.5. The molecule has 0 N–H and O–H groups in total. The molecule has 3 nitrogen and oxygen atoms in total. The summed E-state index contributed by atoms with van der Waals surface area (Å²) in [5.74, 6) is 0.895. The van der Waals surface area contributed by atoms with Crippen molar-refractivity contribution in [1.82, 2.24) is 9.97 Å². The predicted molar refractivity (Wildman–Crippen MR) is 66.2 cm³/mol. The van der Waals surface area contributed by atoms with Crippen LogP contribution in [0.2, 0.25) is 5.28 Å². The molecule has 0 saturated heterocycles. The number of fused-ring (bicyclic) bond motifs is 1. The van der Waals surface area contributed by atoms with Gasteiger partial charge in [0.25, 0.3) is 0 Å². The topological polar surface area (TPSA) is 29.0 Å². The van der Waals surface area contributed by atoms with Crippen molar-refractivity contribution >= 4 is 39.0 Å². The van der Waals surface area contributed by atoms with Crippen LogP contribution in [0, 0.1) is 13.8 Å². The number of hydrogen-bond donors (Lipinski definition) is 0. The Morgan fingerprint density at radius 1 is 1.20 bits per heavy atom. The molecule has 0 aliphatic rings. The third-order valence-electron chi connectivity index (χ3n) is 2.41. The summed E-state index contributed by atoms with van der Waals surface area (Å²) in [6.45, 7) is 4.19. The van der Waals surface area contributed by atoms with Gasteiger partial charge in [-0.1, -0.05) is 0 Å². The number of rotatable bonds is 1. The van der Waals surface area contributed by atoms with E-state index in [-0.39, 0.29) is 0 Å². The number of halogens is 1. The van der Waals surface area contributed by atoms with Crippen LogP contribution in [0.4, 0.5) is 5.82 Å². The second kappa shape index (κ2) is 3.61. The molecule has 0 aliphatic heterocycles.